The van der Waals surface area contributed by atoms with Crippen LogP contribution in [0, 0.1) is 0 Å². The van der Waals surface area contributed by atoms with E-state index in [9.17, 15) is 16.8 Å². The van der Waals surface area contributed by atoms with E-state index < -0.39 is 19.9 Å². The van der Waals surface area contributed by atoms with Crippen molar-refractivity contribution in [3.05, 3.63) is 29.8 Å². The monoisotopic (exact) mass is 332 g/mol. The third kappa shape index (κ3) is 5.06. The minimum Gasteiger partial charge on any atom is -0.313 e. The Labute approximate surface area is 125 Å². The lowest BCUT2D eigenvalue weighted by molar-refractivity contribution is 0.552. The van der Waals surface area contributed by atoms with Gasteiger partial charge >= 0.3 is 0 Å². The molecule has 118 valence electrons. The van der Waals surface area contributed by atoms with Crippen LogP contribution in [0.25, 0.3) is 0 Å². The summed E-state index contributed by atoms with van der Waals surface area (Å²) < 4.78 is 49.2. The first-order valence-corrected chi connectivity index (χ1v) is 10.3. The maximum Gasteiger partial charge on any atom is 0.240 e. The summed E-state index contributed by atoms with van der Waals surface area (Å²) in [7, 11) is -6.67. The summed E-state index contributed by atoms with van der Waals surface area (Å²) in [5, 5.41) is 3.22. The van der Waals surface area contributed by atoms with Gasteiger partial charge in [0.15, 0.2) is 9.84 Å². The number of hydrogen-bond donors (Lipinski definition) is 2. The third-order valence-electron chi connectivity index (χ3n) is 3.34. The van der Waals surface area contributed by atoms with Crippen molar-refractivity contribution in [3.8, 4) is 0 Å². The molecule has 0 aliphatic carbocycles. The fraction of sp³-hybridized carbons (Fsp3) is 0.538. The van der Waals surface area contributed by atoms with E-state index in [0.717, 1.165) is 25.6 Å². The van der Waals surface area contributed by atoms with Crippen LogP contribution in [0.4, 0.5) is 0 Å². The number of sulfonamides is 1. The Morgan fingerprint density at radius 2 is 1.86 bits per heavy atom. The highest BCUT2D eigenvalue weighted by atomic mass is 32.2. The number of sulfone groups is 1. The second kappa shape index (κ2) is 6.43. The average molecular weight is 332 g/mol. The molecule has 8 heteroatoms. The van der Waals surface area contributed by atoms with Gasteiger partial charge in [-0.3, -0.25) is 0 Å². The van der Waals surface area contributed by atoms with Gasteiger partial charge in [0.05, 0.1) is 10.6 Å². The normalized spacial score (nSPS) is 19.8. The predicted octanol–water partition coefficient (Wildman–Crippen LogP) is 0.262. The van der Waals surface area contributed by atoms with Gasteiger partial charge in [-0.2, -0.15) is 0 Å². The van der Waals surface area contributed by atoms with Crippen LogP contribution in [0.3, 0.4) is 0 Å². The van der Waals surface area contributed by atoms with Crippen molar-refractivity contribution in [3.63, 3.8) is 0 Å². The fourth-order valence-corrected chi connectivity index (χ4v) is 4.17. The number of nitrogens with one attached hydrogen (secondary N) is 2. The molecule has 0 saturated carbocycles. The Morgan fingerprint density at radius 1 is 1.19 bits per heavy atom. The van der Waals surface area contributed by atoms with Crippen molar-refractivity contribution in [1.29, 1.82) is 0 Å². The summed E-state index contributed by atoms with van der Waals surface area (Å²) >= 11 is 0. The van der Waals surface area contributed by atoms with Crippen molar-refractivity contribution in [2.45, 2.75) is 29.5 Å². The zero-order valence-corrected chi connectivity index (χ0v) is 13.5. The lowest BCUT2D eigenvalue weighted by Crippen LogP contribution is -2.37. The largest absolute Gasteiger partial charge is 0.313 e. The summed E-state index contributed by atoms with van der Waals surface area (Å²) in [5.74, 6) is -0.0905. The molecule has 0 spiro atoms. The van der Waals surface area contributed by atoms with Crippen molar-refractivity contribution in [2.75, 3.05) is 19.3 Å². The minimum absolute atomic E-state index is 0.0905. The topological polar surface area (TPSA) is 92.3 Å². The molecule has 1 aliphatic heterocycles. The van der Waals surface area contributed by atoms with Gasteiger partial charge in [-0.05, 0) is 37.1 Å². The second-order valence-electron chi connectivity index (χ2n) is 5.36. The highest BCUT2D eigenvalue weighted by molar-refractivity contribution is 7.90. The Bertz CT molecular complexity index is 675. The zero-order valence-electron chi connectivity index (χ0n) is 11.9. The Hall–Kier alpha value is -0.960. The molecule has 1 atom stereocenters. The van der Waals surface area contributed by atoms with Crippen LogP contribution in [0.5, 0.6) is 0 Å². The molecule has 0 bridgehead atoms. The predicted molar refractivity (Wildman–Crippen MR) is 81.2 cm³/mol. The van der Waals surface area contributed by atoms with Crippen LogP contribution in [0.1, 0.15) is 18.4 Å². The zero-order chi connectivity index (χ0) is 15.5. The quantitative estimate of drug-likeness (QED) is 0.780. The number of rotatable bonds is 6. The minimum atomic E-state index is -3.55. The fourth-order valence-electron chi connectivity index (χ4n) is 2.29. The van der Waals surface area contributed by atoms with Gasteiger partial charge < -0.3 is 5.32 Å². The van der Waals surface area contributed by atoms with Crippen molar-refractivity contribution in [1.82, 2.24) is 10.0 Å². The Morgan fingerprint density at radius 3 is 2.38 bits per heavy atom. The van der Waals surface area contributed by atoms with Crippen LogP contribution >= 0.6 is 0 Å². The lowest BCUT2D eigenvalue weighted by atomic mass is 10.2. The van der Waals surface area contributed by atoms with Crippen LogP contribution in [-0.2, 0) is 25.6 Å². The molecule has 2 N–H and O–H groups in total. The van der Waals surface area contributed by atoms with Crippen LogP contribution in [-0.4, -0.2) is 42.2 Å². The van der Waals surface area contributed by atoms with Gasteiger partial charge in [0.25, 0.3) is 0 Å². The maximum absolute atomic E-state index is 12.1. The molecule has 1 saturated heterocycles. The molecule has 2 rings (SSSR count). The molecule has 1 aliphatic rings. The van der Waals surface area contributed by atoms with Gasteiger partial charge in [-0.1, -0.05) is 12.1 Å². The molecule has 1 fully saturated rings. The summed E-state index contributed by atoms with van der Waals surface area (Å²) in [6.07, 6.45) is 3.18. The van der Waals surface area contributed by atoms with Gasteiger partial charge in [0.1, 0.15) is 0 Å². The summed E-state index contributed by atoms with van der Waals surface area (Å²) in [6, 6.07) is 6.12. The first-order chi connectivity index (χ1) is 9.76. The molecule has 6 nitrogen and oxygen atoms in total. The van der Waals surface area contributed by atoms with E-state index >= 15 is 0 Å². The second-order valence-corrected chi connectivity index (χ2v) is 9.27. The summed E-state index contributed by atoms with van der Waals surface area (Å²) in [6.45, 7) is 1.29. The van der Waals surface area contributed by atoms with Gasteiger partial charge in [-0.25, -0.2) is 21.6 Å². The third-order valence-corrected chi connectivity index (χ3v) is 5.64. The lowest BCUT2D eigenvalue weighted by Gasteiger charge is -2.12. The molecule has 0 radical (unpaired) electrons. The van der Waals surface area contributed by atoms with E-state index in [1.165, 1.54) is 24.3 Å². The first kappa shape index (κ1) is 16.4. The highest BCUT2D eigenvalue weighted by Gasteiger charge is 2.19. The molecule has 21 heavy (non-hydrogen) atoms. The van der Waals surface area contributed by atoms with E-state index in [4.69, 9.17) is 0 Å². The molecule has 1 aromatic rings. The van der Waals surface area contributed by atoms with Gasteiger partial charge in [-0.15, -0.1) is 0 Å². The van der Waals surface area contributed by atoms with E-state index in [1.807, 2.05) is 0 Å². The van der Waals surface area contributed by atoms with E-state index in [2.05, 4.69) is 10.0 Å². The van der Waals surface area contributed by atoms with E-state index in [-0.39, 0.29) is 16.7 Å². The number of benzene rings is 1. The Kier molecular flexibility index (Phi) is 5.03. The average Bonchev–Trinajstić information content (AvgIpc) is 2.88. The summed E-state index contributed by atoms with van der Waals surface area (Å²) in [4.78, 5) is 0.151. The van der Waals surface area contributed by atoms with Gasteiger partial charge in [0, 0.05) is 18.8 Å². The smallest absolute Gasteiger partial charge is 0.240 e. The highest BCUT2D eigenvalue weighted by Crippen LogP contribution is 2.13. The molecule has 0 aromatic heterocycles. The van der Waals surface area contributed by atoms with Crippen LogP contribution in [0.15, 0.2) is 29.2 Å². The van der Waals surface area contributed by atoms with Crippen molar-refractivity contribution in [2.24, 2.45) is 0 Å². The molecule has 1 unspecified atom stereocenters. The standard InChI is InChI=1S/C13H20N2O4S2/c1-20(16,17)10-11-4-6-13(7-5-11)21(18,19)15-9-12-3-2-8-14-12/h4-7,12,14-15H,2-3,8-10H2,1H3. The first-order valence-electron chi connectivity index (χ1n) is 6.76. The molecular formula is C13H20N2O4S2. The maximum atomic E-state index is 12.1. The number of hydrogen-bond acceptors (Lipinski definition) is 5. The van der Waals surface area contributed by atoms with Crippen molar-refractivity contribution < 1.29 is 16.8 Å². The molecule has 1 heterocycles. The van der Waals surface area contributed by atoms with Crippen LogP contribution in [0.2, 0.25) is 0 Å². The molecule has 0 amide bonds. The van der Waals surface area contributed by atoms with E-state index in [1.54, 1.807) is 0 Å². The van der Waals surface area contributed by atoms with E-state index in [0.29, 0.717) is 12.1 Å². The molecule has 1 aromatic carbocycles. The Balaban J connectivity index is 2.02. The van der Waals surface area contributed by atoms with Crippen LogP contribution < -0.4 is 10.0 Å². The summed E-state index contributed by atoms with van der Waals surface area (Å²) in [5.41, 5.74) is 0.578. The van der Waals surface area contributed by atoms with Gasteiger partial charge in [0.2, 0.25) is 10.0 Å². The SMILES string of the molecule is CS(=O)(=O)Cc1ccc(S(=O)(=O)NCC2CCCN2)cc1. The molecular weight excluding hydrogens is 312 g/mol. The van der Waals surface area contributed by atoms with Crippen molar-refractivity contribution >= 4 is 19.9 Å².